The summed E-state index contributed by atoms with van der Waals surface area (Å²) in [4.78, 5) is 17.3. The number of hydrogen-bond acceptors (Lipinski definition) is 7. The Morgan fingerprint density at radius 1 is 1.06 bits per heavy atom. The molecule has 7 nitrogen and oxygen atoms in total. The molecule has 180 valence electrons. The maximum absolute atomic E-state index is 12.8. The van der Waals surface area contributed by atoms with E-state index in [0.29, 0.717) is 39.0 Å². The third-order valence-electron chi connectivity index (χ3n) is 5.66. The number of ether oxygens (including phenoxy) is 3. The first-order valence-electron chi connectivity index (χ1n) is 11.3. The van der Waals surface area contributed by atoms with Gasteiger partial charge in [-0.15, -0.1) is 0 Å². The van der Waals surface area contributed by atoms with E-state index < -0.39 is 12.1 Å². The number of carbonyl (C=O) groups excluding carboxylic acids is 1. The number of fused-ring (bicyclic) bond motifs is 1. The monoisotopic (exact) mass is 472 g/mol. The van der Waals surface area contributed by atoms with Crippen molar-refractivity contribution in [2.45, 2.75) is 20.0 Å². The van der Waals surface area contributed by atoms with Gasteiger partial charge < -0.3 is 24.6 Å². The lowest BCUT2D eigenvalue weighted by Gasteiger charge is -2.19. The number of nitrogens with zero attached hydrogens (tertiary/aromatic N) is 1. The predicted octanol–water partition coefficient (Wildman–Crippen LogP) is 5.53. The van der Waals surface area contributed by atoms with E-state index in [1.807, 2.05) is 49.4 Å². The van der Waals surface area contributed by atoms with Gasteiger partial charge in [0.15, 0.2) is 6.79 Å². The van der Waals surface area contributed by atoms with Gasteiger partial charge in [0.1, 0.15) is 17.4 Å². The molecule has 4 aromatic rings. The standard InChI is InChI=1S/C28H28N2O5/c1-4-34-28(32)23-16-29-25-21(26(23)30-24-11-6-5-8-18(24)2)9-7-10-22(25)27(31)19-12-14-20(15-13-19)35-17-33-3/h5-16,27,31H,4,17H2,1-3H3,(H,29,30). The molecule has 0 saturated carbocycles. The fraction of sp³-hybridized carbons (Fsp3) is 0.214. The number of pyridine rings is 1. The lowest BCUT2D eigenvalue weighted by atomic mass is 9.97. The molecule has 1 atom stereocenters. The predicted molar refractivity (Wildman–Crippen MR) is 135 cm³/mol. The number of anilines is 2. The Bertz CT molecular complexity index is 1320. The van der Waals surface area contributed by atoms with Gasteiger partial charge in [0.2, 0.25) is 0 Å². The molecule has 1 aromatic heterocycles. The highest BCUT2D eigenvalue weighted by Crippen LogP contribution is 2.35. The number of esters is 1. The molecule has 35 heavy (non-hydrogen) atoms. The van der Waals surface area contributed by atoms with E-state index in [-0.39, 0.29) is 13.4 Å². The van der Waals surface area contributed by atoms with Gasteiger partial charge >= 0.3 is 5.97 Å². The molecule has 0 aliphatic carbocycles. The number of carbonyl (C=O) groups is 1. The van der Waals surface area contributed by atoms with Crippen molar-refractivity contribution >= 4 is 28.2 Å². The normalized spacial score (nSPS) is 11.8. The van der Waals surface area contributed by atoms with Crippen LogP contribution < -0.4 is 10.1 Å². The summed E-state index contributed by atoms with van der Waals surface area (Å²) in [5.74, 6) is 0.179. The van der Waals surface area contributed by atoms with Crippen molar-refractivity contribution in [3.05, 3.63) is 95.2 Å². The van der Waals surface area contributed by atoms with Gasteiger partial charge in [-0.2, -0.15) is 0 Å². The third kappa shape index (κ3) is 5.26. The zero-order valence-corrected chi connectivity index (χ0v) is 19.9. The molecule has 0 amide bonds. The Balaban J connectivity index is 1.79. The number of aryl methyl sites for hydroxylation is 1. The van der Waals surface area contributed by atoms with Gasteiger partial charge in [0.05, 0.1) is 17.8 Å². The van der Waals surface area contributed by atoms with Crippen LogP contribution in [0.2, 0.25) is 0 Å². The summed E-state index contributed by atoms with van der Waals surface area (Å²) in [6.07, 6.45) is 0.571. The molecule has 3 aromatic carbocycles. The Morgan fingerprint density at radius 3 is 2.54 bits per heavy atom. The van der Waals surface area contributed by atoms with E-state index >= 15 is 0 Å². The van der Waals surface area contributed by atoms with Gasteiger partial charge in [0.25, 0.3) is 0 Å². The van der Waals surface area contributed by atoms with Crippen LogP contribution in [0.1, 0.15) is 40.1 Å². The quantitative estimate of drug-likeness (QED) is 0.245. The third-order valence-corrected chi connectivity index (χ3v) is 5.66. The van der Waals surface area contributed by atoms with Crippen molar-refractivity contribution in [2.75, 3.05) is 25.8 Å². The average molecular weight is 473 g/mol. The smallest absolute Gasteiger partial charge is 0.341 e. The number of hydrogen-bond donors (Lipinski definition) is 2. The summed E-state index contributed by atoms with van der Waals surface area (Å²) in [6.45, 7) is 4.16. The Kier molecular flexibility index (Phi) is 7.60. The average Bonchev–Trinajstić information content (AvgIpc) is 2.88. The van der Waals surface area contributed by atoms with Crippen LogP contribution in [0.4, 0.5) is 11.4 Å². The van der Waals surface area contributed by atoms with Crippen LogP contribution in [0.5, 0.6) is 5.75 Å². The molecule has 0 aliphatic rings. The second-order valence-electron chi connectivity index (χ2n) is 7.97. The van der Waals surface area contributed by atoms with Gasteiger partial charge in [-0.1, -0.05) is 48.5 Å². The summed E-state index contributed by atoms with van der Waals surface area (Å²) in [5, 5.41) is 15.3. The molecule has 0 aliphatic heterocycles. The van der Waals surface area contributed by atoms with Crippen molar-refractivity contribution in [1.82, 2.24) is 4.98 Å². The van der Waals surface area contributed by atoms with Crippen LogP contribution in [-0.4, -0.2) is 36.6 Å². The van der Waals surface area contributed by atoms with E-state index in [1.54, 1.807) is 38.3 Å². The van der Waals surface area contributed by atoms with E-state index in [0.717, 1.165) is 11.3 Å². The minimum atomic E-state index is -0.928. The number of aliphatic hydroxyl groups is 1. The topological polar surface area (TPSA) is 89.9 Å². The van der Waals surface area contributed by atoms with Crippen molar-refractivity contribution in [3.63, 3.8) is 0 Å². The lowest BCUT2D eigenvalue weighted by molar-refractivity contribution is 0.0510. The summed E-state index contributed by atoms with van der Waals surface area (Å²) < 4.78 is 15.6. The van der Waals surface area contributed by atoms with E-state index in [9.17, 15) is 9.90 Å². The van der Waals surface area contributed by atoms with Gasteiger partial charge in [-0.05, 0) is 43.2 Å². The number of benzene rings is 3. The molecule has 0 fully saturated rings. The molecule has 1 heterocycles. The number of rotatable bonds is 9. The van der Waals surface area contributed by atoms with E-state index in [4.69, 9.17) is 14.2 Å². The van der Waals surface area contributed by atoms with Gasteiger partial charge in [-0.3, -0.25) is 4.98 Å². The zero-order chi connectivity index (χ0) is 24.8. The summed E-state index contributed by atoms with van der Waals surface area (Å²) in [7, 11) is 1.56. The highest BCUT2D eigenvalue weighted by atomic mass is 16.7. The molecule has 0 radical (unpaired) electrons. The summed E-state index contributed by atoms with van der Waals surface area (Å²) in [6, 6.07) is 20.5. The van der Waals surface area contributed by atoms with Crippen molar-refractivity contribution in [3.8, 4) is 5.75 Å². The van der Waals surface area contributed by atoms with Crippen molar-refractivity contribution in [1.29, 1.82) is 0 Å². The highest BCUT2D eigenvalue weighted by molar-refractivity contribution is 6.06. The summed E-state index contributed by atoms with van der Waals surface area (Å²) >= 11 is 0. The van der Waals surface area contributed by atoms with Crippen LogP contribution in [0.25, 0.3) is 10.9 Å². The fourth-order valence-electron chi connectivity index (χ4n) is 3.87. The minimum Gasteiger partial charge on any atom is -0.468 e. The maximum atomic E-state index is 12.8. The fourth-order valence-corrected chi connectivity index (χ4v) is 3.87. The van der Waals surface area contributed by atoms with E-state index in [2.05, 4.69) is 10.3 Å². The molecule has 7 heteroatoms. The first-order valence-corrected chi connectivity index (χ1v) is 11.3. The number of aromatic nitrogens is 1. The maximum Gasteiger partial charge on any atom is 0.341 e. The Labute approximate surface area is 204 Å². The molecule has 0 bridgehead atoms. The first-order chi connectivity index (χ1) is 17.0. The van der Waals surface area contributed by atoms with E-state index in [1.165, 1.54) is 6.20 Å². The first kappa shape index (κ1) is 24.2. The van der Waals surface area contributed by atoms with Crippen LogP contribution in [-0.2, 0) is 9.47 Å². The van der Waals surface area contributed by atoms with Crippen LogP contribution in [0.15, 0.2) is 72.9 Å². The molecular weight excluding hydrogens is 444 g/mol. The molecular formula is C28H28N2O5. The Hall–Kier alpha value is -3.94. The molecule has 0 saturated heterocycles. The Morgan fingerprint density at radius 2 is 1.83 bits per heavy atom. The largest absolute Gasteiger partial charge is 0.468 e. The second-order valence-corrected chi connectivity index (χ2v) is 7.97. The van der Waals surface area contributed by atoms with Gasteiger partial charge in [0, 0.05) is 29.9 Å². The highest BCUT2D eigenvalue weighted by Gasteiger charge is 2.21. The molecule has 4 rings (SSSR count). The SMILES string of the molecule is CCOC(=O)c1cnc2c(C(O)c3ccc(OCOC)cc3)cccc2c1Nc1ccccc1C. The second kappa shape index (κ2) is 11.0. The number of methoxy groups -OCH3 is 1. The number of nitrogens with one attached hydrogen (secondary N) is 1. The molecule has 1 unspecified atom stereocenters. The van der Waals surface area contributed by atoms with Gasteiger partial charge in [-0.25, -0.2) is 4.79 Å². The van der Waals surface area contributed by atoms with Crippen molar-refractivity contribution in [2.24, 2.45) is 0 Å². The minimum absolute atomic E-state index is 0.147. The van der Waals surface area contributed by atoms with Crippen LogP contribution >= 0.6 is 0 Å². The number of para-hydroxylation sites is 2. The molecule has 0 spiro atoms. The molecule has 2 N–H and O–H groups in total. The van der Waals surface area contributed by atoms with Crippen molar-refractivity contribution < 1.29 is 24.1 Å². The summed E-state index contributed by atoms with van der Waals surface area (Å²) in [5.41, 5.74) is 4.70. The number of aliphatic hydroxyl groups excluding tert-OH is 1. The lowest BCUT2D eigenvalue weighted by Crippen LogP contribution is -2.10. The zero-order valence-electron chi connectivity index (χ0n) is 19.9. The van der Waals surface area contributed by atoms with Crippen LogP contribution in [0, 0.1) is 6.92 Å². The van der Waals surface area contributed by atoms with Crippen LogP contribution in [0.3, 0.4) is 0 Å².